The molecule has 2 saturated heterocycles. The van der Waals surface area contributed by atoms with Crippen LogP contribution in [0.3, 0.4) is 0 Å². The molecule has 2 fully saturated rings. The van der Waals surface area contributed by atoms with E-state index in [4.69, 9.17) is 0 Å². The van der Waals surface area contributed by atoms with Crippen LogP contribution in [0.1, 0.15) is 6.42 Å². The molecule has 1 aromatic heterocycles. The smallest absolute Gasteiger partial charge is 0.477 e. The number of aromatic nitrogens is 4. The molecule has 0 unspecified atom stereocenters. The number of aryl methyl sites for hydroxylation is 1. The second-order valence-corrected chi connectivity index (χ2v) is 9.58. The molecule has 0 aliphatic carbocycles. The van der Waals surface area contributed by atoms with Gasteiger partial charge in [-0.25, -0.2) is 17.9 Å². The van der Waals surface area contributed by atoms with E-state index in [0.717, 1.165) is 16.7 Å². The van der Waals surface area contributed by atoms with Gasteiger partial charge in [-0.3, -0.25) is 9.69 Å². The van der Waals surface area contributed by atoms with Gasteiger partial charge in [0, 0.05) is 19.3 Å². The Morgan fingerprint density at radius 1 is 1.38 bits per heavy atom. The summed E-state index contributed by atoms with van der Waals surface area (Å²) in [5, 5.41) is 20.8. The lowest BCUT2D eigenvalue weighted by atomic mass is 9.80. The summed E-state index contributed by atoms with van der Waals surface area (Å²) < 4.78 is 64.2. The van der Waals surface area contributed by atoms with E-state index < -0.39 is 52.0 Å². The van der Waals surface area contributed by atoms with Gasteiger partial charge < -0.3 is 5.11 Å². The standard InChI is InChI=1S/C13H13F3N6O5S2/c1-20-12(17-18-19-20)28-4-6-2-5-3-21(29(26,27)13(14,15)16)9-7(5)22(10(9)23)8(6)11(24)25/h5,7,9H,2-4H2,1H3,(H,24,25)/t5-,7-,9+/m1/s1. The number of alkyl halides is 3. The summed E-state index contributed by atoms with van der Waals surface area (Å²) in [4.78, 5) is 25.2. The average molecular weight is 454 g/mol. The number of sulfonamides is 1. The van der Waals surface area contributed by atoms with Crippen molar-refractivity contribution in [2.24, 2.45) is 13.0 Å². The predicted molar refractivity (Wildman–Crippen MR) is 88.4 cm³/mol. The quantitative estimate of drug-likeness (QED) is 0.457. The Bertz CT molecular complexity index is 1040. The van der Waals surface area contributed by atoms with Crippen LogP contribution in [-0.2, 0) is 26.7 Å². The maximum absolute atomic E-state index is 13.0. The summed E-state index contributed by atoms with van der Waals surface area (Å²) >= 11 is 1.10. The molecular weight excluding hydrogens is 441 g/mol. The number of carbonyl (C=O) groups excluding carboxylic acids is 1. The van der Waals surface area contributed by atoms with Crippen LogP contribution in [0.15, 0.2) is 16.4 Å². The number of amides is 1. The van der Waals surface area contributed by atoms with E-state index in [9.17, 15) is 36.3 Å². The van der Waals surface area contributed by atoms with Crippen LogP contribution in [0.2, 0.25) is 0 Å². The molecule has 11 nitrogen and oxygen atoms in total. The number of hydrogen-bond acceptors (Lipinski definition) is 8. The molecule has 3 aliphatic heterocycles. The molecule has 3 aliphatic rings. The topological polar surface area (TPSA) is 139 Å². The average Bonchev–Trinajstić information content (AvgIpc) is 3.19. The van der Waals surface area contributed by atoms with Gasteiger partial charge in [0.15, 0.2) is 0 Å². The van der Waals surface area contributed by atoms with Crippen molar-refractivity contribution in [1.29, 1.82) is 0 Å². The van der Waals surface area contributed by atoms with Crippen molar-refractivity contribution in [2.45, 2.75) is 29.2 Å². The molecule has 1 amide bonds. The highest BCUT2D eigenvalue weighted by atomic mass is 32.2. The van der Waals surface area contributed by atoms with Crippen LogP contribution in [0.5, 0.6) is 0 Å². The van der Waals surface area contributed by atoms with E-state index in [1.165, 1.54) is 4.68 Å². The third-order valence-electron chi connectivity index (χ3n) is 5.16. The summed E-state index contributed by atoms with van der Waals surface area (Å²) in [5.74, 6) is -2.92. The molecule has 158 valence electrons. The molecule has 0 bridgehead atoms. The number of β-lactam (4-membered cyclic amide) rings is 1. The Hall–Kier alpha value is -2.20. The second-order valence-electron chi connectivity index (χ2n) is 6.76. The van der Waals surface area contributed by atoms with Crippen LogP contribution >= 0.6 is 11.8 Å². The summed E-state index contributed by atoms with van der Waals surface area (Å²) in [5.41, 5.74) is -5.55. The zero-order chi connectivity index (χ0) is 21.3. The molecule has 1 N–H and O–H groups in total. The Balaban J connectivity index is 1.65. The summed E-state index contributed by atoms with van der Waals surface area (Å²) in [6.45, 7) is -0.508. The minimum Gasteiger partial charge on any atom is -0.477 e. The van der Waals surface area contributed by atoms with Gasteiger partial charge in [0.05, 0.1) is 6.04 Å². The minimum atomic E-state index is -5.70. The number of tetrazole rings is 1. The molecule has 29 heavy (non-hydrogen) atoms. The lowest BCUT2D eigenvalue weighted by Crippen LogP contribution is -2.69. The Kier molecular flexibility index (Phi) is 4.43. The Morgan fingerprint density at radius 2 is 2.07 bits per heavy atom. The molecule has 4 heterocycles. The first-order valence-electron chi connectivity index (χ1n) is 8.16. The molecule has 0 aromatic carbocycles. The van der Waals surface area contributed by atoms with Crippen molar-refractivity contribution in [3.63, 3.8) is 0 Å². The number of carboxylic acid groups (broad SMARTS) is 1. The fourth-order valence-corrected chi connectivity index (χ4v) is 6.04. The van der Waals surface area contributed by atoms with Crippen molar-refractivity contribution in [2.75, 3.05) is 12.3 Å². The van der Waals surface area contributed by atoms with Crippen LogP contribution in [0.25, 0.3) is 0 Å². The number of nitrogens with zero attached hydrogens (tertiary/aromatic N) is 6. The molecule has 0 saturated carbocycles. The summed E-state index contributed by atoms with van der Waals surface area (Å²) in [6.07, 6.45) is 0.0503. The molecule has 0 radical (unpaired) electrons. The van der Waals surface area contributed by atoms with Gasteiger partial charge in [-0.05, 0) is 28.3 Å². The third kappa shape index (κ3) is 2.83. The molecule has 0 spiro atoms. The van der Waals surface area contributed by atoms with Crippen molar-refractivity contribution in [3.8, 4) is 0 Å². The van der Waals surface area contributed by atoms with E-state index in [2.05, 4.69) is 15.5 Å². The van der Waals surface area contributed by atoms with E-state index in [1.807, 2.05) is 0 Å². The van der Waals surface area contributed by atoms with Crippen molar-refractivity contribution in [1.82, 2.24) is 29.4 Å². The number of rotatable bonds is 5. The zero-order valence-corrected chi connectivity index (χ0v) is 16.2. The zero-order valence-electron chi connectivity index (χ0n) is 14.6. The Morgan fingerprint density at radius 3 is 2.62 bits per heavy atom. The van der Waals surface area contributed by atoms with Crippen LogP contribution in [0.4, 0.5) is 13.2 Å². The Labute approximate surface area is 165 Å². The SMILES string of the molecule is Cn1nnnc1SCC1=C(C(=O)O)N2C(=O)[C@@H]3[C@H]2[C@H](C1)CN3S(=O)(=O)C(F)(F)F. The fourth-order valence-electron chi connectivity index (χ4n) is 3.99. The van der Waals surface area contributed by atoms with Gasteiger partial charge in [0.25, 0.3) is 0 Å². The highest BCUT2D eigenvalue weighted by Gasteiger charge is 2.68. The maximum Gasteiger partial charge on any atom is 0.511 e. The summed E-state index contributed by atoms with van der Waals surface area (Å²) in [6, 6.07) is -2.45. The highest BCUT2D eigenvalue weighted by molar-refractivity contribution is 7.99. The van der Waals surface area contributed by atoms with Crippen molar-refractivity contribution < 1.29 is 36.3 Å². The minimum absolute atomic E-state index is 0.0503. The van der Waals surface area contributed by atoms with E-state index >= 15 is 0 Å². The lowest BCUT2D eigenvalue weighted by molar-refractivity contribution is -0.155. The molecule has 1 aromatic rings. The van der Waals surface area contributed by atoms with Gasteiger partial charge in [-0.1, -0.05) is 11.8 Å². The van der Waals surface area contributed by atoms with E-state index in [1.54, 1.807) is 7.05 Å². The van der Waals surface area contributed by atoms with E-state index in [0.29, 0.717) is 10.7 Å². The molecule has 16 heteroatoms. The van der Waals surface area contributed by atoms with Gasteiger partial charge in [-0.2, -0.15) is 17.5 Å². The number of thioether (sulfide) groups is 1. The number of carboxylic acids is 1. The first-order chi connectivity index (χ1) is 13.4. The number of aliphatic carboxylic acids is 1. The molecule has 4 rings (SSSR count). The van der Waals surface area contributed by atoms with Gasteiger partial charge in [0.2, 0.25) is 11.1 Å². The molecule has 3 atom stereocenters. The van der Waals surface area contributed by atoms with Crippen molar-refractivity contribution >= 4 is 33.7 Å². The van der Waals surface area contributed by atoms with Crippen LogP contribution in [-0.4, -0.2) is 84.7 Å². The van der Waals surface area contributed by atoms with Crippen molar-refractivity contribution in [3.05, 3.63) is 11.3 Å². The summed E-state index contributed by atoms with van der Waals surface area (Å²) in [7, 11) is -4.13. The second kappa shape index (κ2) is 6.40. The van der Waals surface area contributed by atoms with E-state index in [-0.39, 0.29) is 22.2 Å². The van der Waals surface area contributed by atoms with Gasteiger partial charge in [0.1, 0.15) is 11.7 Å². The van der Waals surface area contributed by atoms with Crippen LogP contribution in [0, 0.1) is 5.92 Å². The maximum atomic E-state index is 13.0. The monoisotopic (exact) mass is 454 g/mol. The van der Waals surface area contributed by atoms with Crippen LogP contribution < -0.4 is 0 Å². The van der Waals surface area contributed by atoms with Gasteiger partial charge >= 0.3 is 21.5 Å². The number of carbonyl (C=O) groups is 2. The number of halogens is 3. The normalized spacial score (nSPS) is 27.2. The first-order valence-corrected chi connectivity index (χ1v) is 10.6. The number of hydrogen-bond donors (Lipinski definition) is 1. The largest absolute Gasteiger partial charge is 0.511 e. The van der Waals surface area contributed by atoms with Gasteiger partial charge in [-0.15, -0.1) is 5.10 Å². The predicted octanol–water partition coefficient (Wildman–Crippen LogP) is -0.595. The first kappa shape index (κ1) is 20.1. The third-order valence-corrected chi connectivity index (χ3v) is 7.84. The molecular formula is C13H13F3N6O5S2. The fraction of sp³-hybridized carbons (Fsp3) is 0.615. The highest BCUT2D eigenvalue weighted by Crippen LogP contribution is 2.50. The lowest BCUT2D eigenvalue weighted by Gasteiger charge is -2.49.